The zero-order valence-electron chi connectivity index (χ0n) is 10.7. The van der Waals surface area contributed by atoms with Crippen LogP contribution in [-0.4, -0.2) is 23.3 Å². The number of aryl methyl sites for hydroxylation is 2. The van der Waals surface area contributed by atoms with Crippen molar-refractivity contribution in [3.8, 4) is 5.75 Å². The number of hydrogen-bond acceptors (Lipinski definition) is 4. The minimum Gasteiger partial charge on any atom is -0.508 e. The van der Waals surface area contributed by atoms with Gasteiger partial charge in [-0.15, -0.1) is 0 Å². The number of nitrogens with zero attached hydrogens (tertiary/aromatic N) is 2. The van der Waals surface area contributed by atoms with Crippen molar-refractivity contribution >= 4 is 15.7 Å². The van der Waals surface area contributed by atoms with E-state index in [2.05, 4.69) is 9.82 Å². The van der Waals surface area contributed by atoms with E-state index in [9.17, 15) is 13.5 Å². The van der Waals surface area contributed by atoms with E-state index in [4.69, 9.17) is 0 Å². The number of phenols is 1. The van der Waals surface area contributed by atoms with Crippen molar-refractivity contribution in [2.75, 3.05) is 4.72 Å². The smallest absolute Gasteiger partial charge is 0.262 e. The molecule has 7 heteroatoms. The fourth-order valence-corrected chi connectivity index (χ4v) is 2.85. The number of sulfonamides is 1. The van der Waals surface area contributed by atoms with Crippen molar-refractivity contribution in [1.82, 2.24) is 9.78 Å². The standard InChI is InChI=1S/C12H15N3O3S/c1-3-11-12(8-15(2)13-11)14-19(17,18)10-6-4-5-9(16)7-10/h4-8,14,16H,3H2,1-2H3. The summed E-state index contributed by atoms with van der Waals surface area (Å²) >= 11 is 0. The van der Waals surface area contributed by atoms with Gasteiger partial charge in [0.05, 0.1) is 16.3 Å². The van der Waals surface area contributed by atoms with Crippen molar-refractivity contribution in [3.05, 3.63) is 36.2 Å². The summed E-state index contributed by atoms with van der Waals surface area (Å²) in [7, 11) is -1.99. The molecule has 0 saturated carbocycles. The third kappa shape index (κ3) is 2.87. The van der Waals surface area contributed by atoms with Gasteiger partial charge in [-0.05, 0) is 18.6 Å². The second-order valence-electron chi connectivity index (χ2n) is 4.12. The van der Waals surface area contributed by atoms with Crippen molar-refractivity contribution in [1.29, 1.82) is 0 Å². The molecule has 2 rings (SSSR count). The Morgan fingerprint density at radius 1 is 1.42 bits per heavy atom. The topological polar surface area (TPSA) is 84.2 Å². The van der Waals surface area contributed by atoms with E-state index in [1.165, 1.54) is 24.3 Å². The van der Waals surface area contributed by atoms with Gasteiger partial charge >= 0.3 is 0 Å². The van der Waals surface area contributed by atoms with Gasteiger partial charge in [0.25, 0.3) is 10.0 Å². The first-order chi connectivity index (χ1) is 8.92. The molecule has 0 aliphatic heterocycles. The van der Waals surface area contributed by atoms with Crippen LogP contribution in [0.5, 0.6) is 5.75 Å². The van der Waals surface area contributed by atoms with Crippen LogP contribution in [0.1, 0.15) is 12.6 Å². The quantitative estimate of drug-likeness (QED) is 0.889. The van der Waals surface area contributed by atoms with Gasteiger partial charge in [-0.2, -0.15) is 5.10 Å². The maximum atomic E-state index is 12.2. The van der Waals surface area contributed by atoms with Gasteiger partial charge in [-0.25, -0.2) is 8.42 Å². The molecule has 2 aromatic rings. The predicted octanol–water partition coefficient (Wildman–Crippen LogP) is 1.49. The molecule has 0 aliphatic rings. The highest BCUT2D eigenvalue weighted by atomic mass is 32.2. The lowest BCUT2D eigenvalue weighted by Crippen LogP contribution is -2.13. The Morgan fingerprint density at radius 2 is 2.16 bits per heavy atom. The minimum atomic E-state index is -3.72. The third-order valence-electron chi connectivity index (χ3n) is 2.61. The molecule has 0 aliphatic carbocycles. The van der Waals surface area contributed by atoms with E-state index >= 15 is 0 Å². The van der Waals surface area contributed by atoms with Crippen LogP contribution in [-0.2, 0) is 23.5 Å². The van der Waals surface area contributed by atoms with Gasteiger partial charge in [0.15, 0.2) is 0 Å². The highest BCUT2D eigenvalue weighted by Crippen LogP contribution is 2.21. The van der Waals surface area contributed by atoms with E-state index in [-0.39, 0.29) is 10.6 Å². The van der Waals surface area contributed by atoms with Crippen LogP contribution >= 0.6 is 0 Å². The number of hydrogen-bond donors (Lipinski definition) is 2. The summed E-state index contributed by atoms with van der Waals surface area (Å²) < 4.78 is 28.4. The van der Waals surface area contributed by atoms with E-state index in [1.54, 1.807) is 17.9 Å². The Hall–Kier alpha value is -2.02. The Balaban J connectivity index is 2.36. The normalized spacial score (nSPS) is 11.5. The van der Waals surface area contributed by atoms with Gasteiger partial charge in [0.1, 0.15) is 5.75 Å². The van der Waals surface area contributed by atoms with Crippen LogP contribution in [0.4, 0.5) is 5.69 Å². The van der Waals surface area contributed by atoms with Crippen molar-refractivity contribution in [2.24, 2.45) is 7.05 Å². The third-order valence-corrected chi connectivity index (χ3v) is 3.98. The van der Waals surface area contributed by atoms with E-state index in [0.717, 1.165) is 0 Å². The van der Waals surface area contributed by atoms with Crippen LogP contribution in [0, 0.1) is 0 Å². The summed E-state index contributed by atoms with van der Waals surface area (Å²) in [6, 6.07) is 5.52. The molecule has 0 spiro atoms. The maximum absolute atomic E-state index is 12.2. The molecule has 0 radical (unpaired) electrons. The summed E-state index contributed by atoms with van der Waals surface area (Å²) in [6.45, 7) is 1.90. The lowest BCUT2D eigenvalue weighted by Gasteiger charge is -2.07. The first-order valence-corrected chi connectivity index (χ1v) is 7.25. The SMILES string of the molecule is CCc1nn(C)cc1NS(=O)(=O)c1cccc(O)c1. The summed E-state index contributed by atoms with van der Waals surface area (Å²) in [5.74, 6) is -0.0928. The number of rotatable bonds is 4. The number of aromatic nitrogens is 2. The maximum Gasteiger partial charge on any atom is 0.262 e. The fraction of sp³-hybridized carbons (Fsp3) is 0.250. The second-order valence-corrected chi connectivity index (χ2v) is 5.80. The van der Waals surface area contributed by atoms with E-state index < -0.39 is 10.0 Å². The molecule has 1 aromatic carbocycles. The predicted molar refractivity (Wildman–Crippen MR) is 71.5 cm³/mol. The fourth-order valence-electron chi connectivity index (χ4n) is 1.74. The zero-order chi connectivity index (χ0) is 14.0. The van der Waals surface area contributed by atoms with Crippen molar-refractivity contribution in [2.45, 2.75) is 18.2 Å². The number of benzene rings is 1. The van der Waals surface area contributed by atoms with Crippen LogP contribution < -0.4 is 4.72 Å². The first kappa shape index (κ1) is 13.4. The summed E-state index contributed by atoms with van der Waals surface area (Å²) in [5, 5.41) is 13.5. The average molecular weight is 281 g/mol. The number of nitrogens with one attached hydrogen (secondary N) is 1. The molecule has 0 atom stereocenters. The highest BCUT2D eigenvalue weighted by Gasteiger charge is 2.17. The van der Waals surface area contributed by atoms with Crippen LogP contribution in [0.3, 0.4) is 0 Å². The molecule has 0 saturated heterocycles. The number of aromatic hydroxyl groups is 1. The number of anilines is 1. The van der Waals surface area contributed by atoms with Gasteiger partial charge in [-0.1, -0.05) is 13.0 Å². The van der Waals surface area contributed by atoms with Gasteiger partial charge in [0, 0.05) is 19.3 Å². The number of phenolic OH excluding ortho intramolecular Hbond substituents is 1. The van der Waals surface area contributed by atoms with Gasteiger partial charge in [0.2, 0.25) is 0 Å². The monoisotopic (exact) mass is 281 g/mol. The largest absolute Gasteiger partial charge is 0.508 e. The Labute approximate surface area is 111 Å². The molecular formula is C12H15N3O3S. The highest BCUT2D eigenvalue weighted by molar-refractivity contribution is 7.92. The van der Waals surface area contributed by atoms with E-state index in [0.29, 0.717) is 17.8 Å². The molecule has 19 heavy (non-hydrogen) atoms. The molecule has 0 amide bonds. The molecule has 6 nitrogen and oxygen atoms in total. The lowest BCUT2D eigenvalue weighted by molar-refractivity contribution is 0.473. The molecule has 0 bridgehead atoms. The Bertz CT molecular complexity index is 692. The Kier molecular flexibility index (Phi) is 3.48. The summed E-state index contributed by atoms with van der Waals surface area (Å²) in [6.07, 6.45) is 2.23. The van der Waals surface area contributed by atoms with Gasteiger partial charge < -0.3 is 5.11 Å². The molecule has 2 N–H and O–H groups in total. The minimum absolute atomic E-state index is 0.0124. The summed E-state index contributed by atoms with van der Waals surface area (Å²) in [5.41, 5.74) is 1.12. The van der Waals surface area contributed by atoms with Crippen LogP contribution in [0.15, 0.2) is 35.4 Å². The zero-order valence-corrected chi connectivity index (χ0v) is 11.5. The van der Waals surface area contributed by atoms with Gasteiger partial charge in [-0.3, -0.25) is 9.40 Å². The molecule has 0 fully saturated rings. The van der Waals surface area contributed by atoms with E-state index in [1.807, 2.05) is 6.92 Å². The molecule has 1 heterocycles. The first-order valence-electron chi connectivity index (χ1n) is 5.76. The van der Waals surface area contributed by atoms with Crippen LogP contribution in [0.2, 0.25) is 0 Å². The molecule has 1 aromatic heterocycles. The lowest BCUT2D eigenvalue weighted by atomic mass is 10.3. The molecule has 0 unspecified atom stereocenters. The summed E-state index contributed by atoms with van der Waals surface area (Å²) in [4.78, 5) is 0.0124. The Morgan fingerprint density at radius 3 is 2.79 bits per heavy atom. The second kappa shape index (κ2) is 4.93. The van der Waals surface area contributed by atoms with Crippen molar-refractivity contribution in [3.63, 3.8) is 0 Å². The molecular weight excluding hydrogens is 266 g/mol. The average Bonchev–Trinajstić information content (AvgIpc) is 2.68. The molecule has 102 valence electrons. The van der Waals surface area contributed by atoms with Crippen LogP contribution in [0.25, 0.3) is 0 Å². The van der Waals surface area contributed by atoms with Crippen molar-refractivity contribution < 1.29 is 13.5 Å².